The van der Waals surface area contributed by atoms with E-state index in [2.05, 4.69) is 4.98 Å². The van der Waals surface area contributed by atoms with Crippen molar-refractivity contribution < 1.29 is 18.3 Å². The van der Waals surface area contributed by atoms with Crippen LogP contribution in [-0.4, -0.2) is 53.7 Å². The van der Waals surface area contributed by atoms with Crippen LogP contribution in [0.3, 0.4) is 0 Å². The summed E-state index contributed by atoms with van der Waals surface area (Å²) in [5.74, 6) is -1.03. The van der Waals surface area contributed by atoms with Gasteiger partial charge in [0, 0.05) is 26.0 Å². The van der Waals surface area contributed by atoms with Gasteiger partial charge >= 0.3 is 5.97 Å². The van der Waals surface area contributed by atoms with Crippen molar-refractivity contribution in [3.63, 3.8) is 0 Å². The molecule has 0 radical (unpaired) electrons. The zero-order valence-electron chi connectivity index (χ0n) is 10.1. The van der Waals surface area contributed by atoms with Crippen LogP contribution in [0.4, 0.5) is 0 Å². The standard InChI is InChI=1S/C9H15N3O4S2/c1-11(4-3-9(13)14)18(15,16)12(2)5-8-6-17-7-10-8/h6-7H,3-5H2,1-2H3,(H,13,14). The van der Waals surface area contributed by atoms with E-state index in [1.165, 1.54) is 25.4 Å². The van der Waals surface area contributed by atoms with Crippen molar-refractivity contribution in [2.45, 2.75) is 13.0 Å². The maximum atomic E-state index is 12.0. The molecule has 0 aromatic carbocycles. The predicted octanol–water partition coefficient (Wildman–Crippen LogP) is 0.226. The number of thiazole rings is 1. The zero-order chi connectivity index (χ0) is 13.8. The average Bonchev–Trinajstić information content (AvgIpc) is 2.78. The van der Waals surface area contributed by atoms with Gasteiger partial charge in [-0.15, -0.1) is 11.3 Å². The van der Waals surface area contributed by atoms with E-state index in [9.17, 15) is 13.2 Å². The molecule has 1 aromatic rings. The summed E-state index contributed by atoms with van der Waals surface area (Å²) in [7, 11) is -0.849. The lowest BCUT2D eigenvalue weighted by molar-refractivity contribution is -0.137. The van der Waals surface area contributed by atoms with Gasteiger partial charge in [0.15, 0.2) is 0 Å². The maximum absolute atomic E-state index is 12.0. The molecule has 0 aliphatic carbocycles. The molecule has 1 N–H and O–H groups in total. The molecule has 0 saturated heterocycles. The second-order valence-corrected chi connectivity index (χ2v) is 6.57. The fourth-order valence-corrected chi connectivity index (χ4v) is 2.87. The van der Waals surface area contributed by atoms with E-state index >= 15 is 0 Å². The fourth-order valence-electron chi connectivity index (χ4n) is 1.23. The minimum absolute atomic E-state index is 0.0565. The van der Waals surface area contributed by atoms with Crippen molar-refractivity contribution >= 4 is 27.5 Å². The van der Waals surface area contributed by atoms with Gasteiger partial charge in [0.1, 0.15) is 0 Å². The van der Waals surface area contributed by atoms with Crippen LogP contribution >= 0.6 is 11.3 Å². The molecule has 1 rings (SSSR count). The van der Waals surface area contributed by atoms with E-state index in [1.54, 1.807) is 10.9 Å². The summed E-state index contributed by atoms with van der Waals surface area (Å²) >= 11 is 1.39. The highest BCUT2D eigenvalue weighted by Crippen LogP contribution is 2.10. The first-order valence-corrected chi connectivity index (χ1v) is 7.44. The van der Waals surface area contributed by atoms with E-state index in [0.717, 1.165) is 8.61 Å². The molecule has 0 aliphatic rings. The molecule has 1 heterocycles. The van der Waals surface area contributed by atoms with Crippen molar-refractivity contribution in [1.29, 1.82) is 0 Å². The Bertz CT molecular complexity index is 486. The normalized spacial score (nSPS) is 12.2. The van der Waals surface area contributed by atoms with Gasteiger partial charge in [-0.25, -0.2) is 4.98 Å². The molecule has 102 valence electrons. The van der Waals surface area contributed by atoms with E-state index in [0.29, 0.717) is 5.69 Å². The topological polar surface area (TPSA) is 90.8 Å². The van der Waals surface area contributed by atoms with Crippen LogP contribution in [0.2, 0.25) is 0 Å². The summed E-state index contributed by atoms with van der Waals surface area (Å²) in [6.45, 7) is 0.113. The minimum Gasteiger partial charge on any atom is -0.481 e. The highest BCUT2D eigenvalue weighted by Gasteiger charge is 2.24. The Hall–Kier alpha value is -1.03. The van der Waals surface area contributed by atoms with Crippen LogP contribution < -0.4 is 0 Å². The molecule has 18 heavy (non-hydrogen) atoms. The number of nitrogens with zero attached hydrogens (tertiary/aromatic N) is 3. The highest BCUT2D eigenvalue weighted by atomic mass is 32.2. The maximum Gasteiger partial charge on any atom is 0.304 e. The SMILES string of the molecule is CN(CCC(=O)O)S(=O)(=O)N(C)Cc1cscn1. The van der Waals surface area contributed by atoms with Crippen molar-refractivity contribution in [1.82, 2.24) is 13.6 Å². The van der Waals surface area contributed by atoms with E-state index in [-0.39, 0.29) is 19.5 Å². The quantitative estimate of drug-likeness (QED) is 0.777. The molecule has 9 heteroatoms. The Balaban J connectivity index is 2.64. The van der Waals surface area contributed by atoms with Crippen LogP contribution in [0.15, 0.2) is 10.9 Å². The summed E-state index contributed by atoms with van der Waals surface area (Å²) in [5.41, 5.74) is 2.29. The molecule has 0 unspecified atom stereocenters. The Morgan fingerprint density at radius 3 is 2.61 bits per heavy atom. The second-order valence-electron chi connectivity index (χ2n) is 3.71. The van der Waals surface area contributed by atoms with E-state index in [1.807, 2.05) is 0 Å². The average molecular weight is 293 g/mol. The molecule has 0 saturated carbocycles. The Labute approximate surface area is 110 Å². The predicted molar refractivity (Wildman–Crippen MR) is 67.4 cm³/mol. The molecule has 1 aromatic heterocycles. The third-order valence-electron chi connectivity index (χ3n) is 2.30. The lowest BCUT2D eigenvalue weighted by Crippen LogP contribution is -2.40. The van der Waals surface area contributed by atoms with Gasteiger partial charge in [0.2, 0.25) is 0 Å². The number of rotatable bonds is 7. The van der Waals surface area contributed by atoms with Crippen LogP contribution in [0.25, 0.3) is 0 Å². The van der Waals surface area contributed by atoms with Gasteiger partial charge in [-0.1, -0.05) is 0 Å². The molecule has 0 atom stereocenters. The lowest BCUT2D eigenvalue weighted by Gasteiger charge is -2.23. The monoisotopic (exact) mass is 293 g/mol. The third kappa shape index (κ3) is 4.02. The number of aliphatic carboxylic acids is 1. The van der Waals surface area contributed by atoms with Gasteiger partial charge in [-0.2, -0.15) is 17.0 Å². The molecule has 0 aliphatic heterocycles. The van der Waals surface area contributed by atoms with Crippen LogP contribution in [0.1, 0.15) is 12.1 Å². The molecular formula is C9H15N3O4S2. The second kappa shape index (κ2) is 6.23. The summed E-state index contributed by atoms with van der Waals surface area (Å²) in [6.07, 6.45) is -0.222. The largest absolute Gasteiger partial charge is 0.481 e. The van der Waals surface area contributed by atoms with Crippen molar-refractivity contribution in [3.8, 4) is 0 Å². The highest BCUT2D eigenvalue weighted by molar-refractivity contribution is 7.86. The minimum atomic E-state index is -3.64. The van der Waals surface area contributed by atoms with Crippen molar-refractivity contribution in [2.24, 2.45) is 0 Å². The van der Waals surface area contributed by atoms with E-state index < -0.39 is 16.2 Å². The number of carboxylic acids is 1. The number of aromatic nitrogens is 1. The summed E-state index contributed by atoms with van der Waals surface area (Å²) in [5, 5.41) is 10.3. The van der Waals surface area contributed by atoms with Crippen LogP contribution in [-0.2, 0) is 21.5 Å². The molecular weight excluding hydrogens is 278 g/mol. The summed E-state index contributed by atoms with van der Waals surface area (Å²) < 4.78 is 26.2. The number of carbonyl (C=O) groups is 1. The summed E-state index contributed by atoms with van der Waals surface area (Å²) in [6, 6.07) is 0. The van der Waals surface area contributed by atoms with E-state index in [4.69, 9.17) is 5.11 Å². The van der Waals surface area contributed by atoms with Gasteiger partial charge in [0.05, 0.1) is 24.2 Å². The zero-order valence-corrected chi connectivity index (χ0v) is 11.7. The number of carboxylic acid groups (broad SMARTS) is 1. The van der Waals surface area contributed by atoms with Gasteiger partial charge < -0.3 is 5.11 Å². The van der Waals surface area contributed by atoms with Crippen LogP contribution in [0, 0.1) is 0 Å². The first-order valence-electron chi connectivity index (χ1n) is 5.10. The Kier molecular flexibility index (Phi) is 5.20. The molecule has 0 bridgehead atoms. The van der Waals surface area contributed by atoms with Gasteiger partial charge in [-0.3, -0.25) is 4.79 Å². The van der Waals surface area contributed by atoms with Crippen LogP contribution in [0.5, 0.6) is 0 Å². The lowest BCUT2D eigenvalue weighted by atomic mass is 10.4. The third-order valence-corrected chi connectivity index (χ3v) is 4.82. The van der Waals surface area contributed by atoms with Gasteiger partial charge in [0.25, 0.3) is 10.2 Å². The fraction of sp³-hybridized carbons (Fsp3) is 0.556. The Morgan fingerprint density at radius 1 is 1.44 bits per heavy atom. The number of hydrogen-bond acceptors (Lipinski definition) is 5. The molecule has 0 amide bonds. The van der Waals surface area contributed by atoms with Crippen molar-refractivity contribution in [2.75, 3.05) is 20.6 Å². The first kappa shape index (κ1) is 15.0. The molecule has 0 spiro atoms. The summed E-state index contributed by atoms with van der Waals surface area (Å²) in [4.78, 5) is 14.4. The van der Waals surface area contributed by atoms with Crippen molar-refractivity contribution in [3.05, 3.63) is 16.6 Å². The molecule has 0 fully saturated rings. The first-order chi connectivity index (χ1) is 8.34. The Morgan fingerprint density at radius 2 is 2.11 bits per heavy atom. The smallest absolute Gasteiger partial charge is 0.304 e. The number of hydrogen-bond donors (Lipinski definition) is 1. The molecule has 7 nitrogen and oxygen atoms in total. The van der Waals surface area contributed by atoms with Gasteiger partial charge in [-0.05, 0) is 0 Å².